The molecule has 0 amide bonds. The minimum absolute atomic E-state index is 0.159. The molecule has 5 heteroatoms. The van der Waals surface area contributed by atoms with Gasteiger partial charge in [-0.1, -0.05) is 0 Å². The second-order valence-electron chi connectivity index (χ2n) is 3.21. The monoisotopic (exact) mass is 170 g/mol. The van der Waals surface area contributed by atoms with Crippen LogP contribution in [-0.2, 0) is 0 Å². The molecule has 3 N–H and O–H groups in total. The van der Waals surface area contributed by atoms with Crippen LogP contribution in [0, 0.1) is 0 Å². The van der Waals surface area contributed by atoms with Gasteiger partial charge >= 0.3 is 6.18 Å². The molecule has 0 unspecified atom stereocenters. The Hall–Kier alpha value is -0.290. The van der Waals surface area contributed by atoms with Crippen molar-refractivity contribution in [1.82, 2.24) is 5.32 Å². The lowest BCUT2D eigenvalue weighted by molar-refractivity contribution is -0.125. The van der Waals surface area contributed by atoms with Crippen LogP contribution in [0.2, 0.25) is 0 Å². The van der Waals surface area contributed by atoms with Gasteiger partial charge in [0, 0.05) is 12.1 Å². The first-order valence-corrected chi connectivity index (χ1v) is 3.27. The minimum Gasteiger partial charge on any atom is -0.324 e. The maximum absolute atomic E-state index is 11.5. The highest BCUT2D eigenvalue weighted by molar-refractivity contribution is 4.75. The second-order valence-corrected chi connectivity index (χ2v) is 3.21. The first-order chi connectivity index (χ1) is 4.71. The summed E-state index contributed by atoms with van der Waals surface area (Å²) in [5, 5.41) is 2.22. The Balaban J connectivity index is 3.44. The number of halogens is 3. The van der Waals surface area contributed by atoms with E-state index in [1.54, 1.807) is 13.8 Å². The van der Waals surface area contributed by atoms with Crippen LogP contribution in [0.25, 0.3) is 0 Å². The van der Waals surface area contributed by atoms with Crippen molar-refractivity contribution in [1.29, 1.82) is 0 Å². The van der Waals surface area contributed by atoms with Gasteiger partial charge in [0.05, 0.1) is 6.54 Å². The quantitative estimate of drug-likeness (QED) is 0.659. The third-order valence-corrected chi connectivity index (χ3v) is 0.906. The molecule has 0 rings (SSSR count). The summed E-state index contributed by atoms with van der Waals surface area (Å²) in [5.74, 6) is 0. The van der Waals surface area contributed by atoms with Crippen LogP contribution in [0.3, 0.4) is 0 Å². The van der Waals surface area contributed by atoms with Crippen molar-refractivity contribution in [3.63, 3.8) is 0 Å². The lowest BCUT2D eigenvalue weighted by Crippen LogP contribution is -2.45. The van der Waals surface area contributed by atoms with Gasteiger partial charge in [-0.2, -0.15) is 13.2 Å². The molecule has 0 bridgehead atoms. The van der Waals surface area contributed by atoms with Crippen LogP contribution in [-0.4, -0.2) is 24.8 Å². The number of nitrogens with one attached hydrogen (secondary N) is 1. The molecular weight excluding hydrogens is 157 g/mol. The van der Waals surface area contributed by atoms with Gasteiger partial charge in [-0.05, 0) is 13.8 Å². The van der Waals surface area contributed by atoms with Crippen molar-refractivity contribution < 1.29 is 13.2 Å². The van der Waals surface area contributed by atoms with Crippen molar-refractivity contribution >= 4 is 0 Å². The molecule has 11 heavy (non-hydrogen) atoms. The molecule has 0 radical (unpaired) electrons. The Kier molecular flexibility index (Phi) is 3.31. The van der Waals surface area contributed by atoms with E-state index < -0.39 is 18.3 Å². The molecule has 0 saturated heterocycles. The second kappa shape index (κ2) is 3.40. The number of nitrogens with two attached hydrogens (primary N) is 1. The zero-order chi connectivity index (χ0) is 9.12. The first-order valence-electron chi connectivity index (χ1n) is 3.27. The Bertz CT molecular complexity index is 100.0. The summed E-state index contributed by atoms with van der Waals surface area (Å²) in [6, 6.07) is 0. The summed E-state index contributed by atoms with van der Waals surface area (Å²) in [6.07, 6.45) is -4.15. The van der Waals surface area contributed by atoms with Crippen molar-refractivity contribution in [2.45, 2.75) is 25.6 Å². The van der Waals surface area contributed by atoms with Crippen molar-refractivity contribution in [2.75, 3.05) is 13.1 Å². The van der Waals surface area contributed by atoms with Crippen LogP contribution in [0.1, 0.15) is 13.8 Å². The Morgan fingerprint density at radius 2 is 1.64 bits per heavy atom. The summed E-state index contributed by atoms with van der Waals surface area (Å²) < 4.78 is 34.6. The van der Waals surface area contributed by atoms with Crippen molar-refractivity contribution in [2.24, 2.45) is 5.73 Å². The highest BCUT2D eigenvalue weighted by Gasteiger charge is 2.27. The molecule has 0 saturated carbocycles. The lowest BCUT2D eigenvalue weighted by atomic mass is 10.1. The summed E-state index contributed by atoms with van der Waals surface area (Å²) >= 11 is 0. The summed E-state index contributed by atoms with van der Waals surface area (Å²) in [5.41, 5.74) is 4.84. The molecule has 68 valence electrons. The van der Waals surface area contributed by atoms with E-state index in [1.807, 2.05) is 0 Å². The highest BCUT2D eigenvalue weighted by Crippen LogP contribution is 2.12. The normalized spacial score (nSPS) is 13.6. The number of hydrogen-bond acceptors (Lipinski definition) is 2. The Morgan fingerprint density at radius 1 is 1.18 bits per heavy atom. The Labute approximate surface area is 64.0 Å². The van der Waals surface area contributed by atoms with E-state index in [0.717, 1.165) is 0 Å². The molecule has 0 aromatic heterocycles. The summed E-state index contributed by atoms with van der Waals surface area (Å²) in [7, 11) is 0. The van der Waals surface area contributed by atoms with E-state index in [-0.39, 0.29) is 6.54 Å². The zero-order valence-corrected chi connectivity index (χ0v) is 6.63. The van der Waals surface area contributed by atoms with Gasteiger partial charge < -0.3 is 11.1 Å². The summed E-state index contributed by atoms with van der Waals surface area (Å²) in [4.78, 5) is 0. The van der Waals surface area contributed by atoms with Gasteiger partial charge in [-0.3, -0.25) is 0 Å². The SMILES string of the molecule is CC(C)(N)CNCC(F)(F)F. The average Bonchev–Trinajstić information content (AvgIpc) is 1.55. The molecule has 0 spiro atoms. The predicted molar refractivity (Wildman–Crippen MR) is 37.2 cm³/mol. The van der Waals surface area contributed by atoms with Crippen LogP contribution >= 0.6 is 0 Å². The fraction of sp³-hybridized carbons (Fsp3) is 1.00. The van der Waals surface area contributed by atoms with Gasteiger partial charge in [-0.15, -0.1) is 0 Å². The lowest BCUT2D eigenvalue weighted by Gasteiger charge is -2.19. The fourth-order valence-corrected chi connectivity index (χ4v) is 0.526. The maximum atomic E-state index is 11.5. The largest absolute Gasteiger partial charge is 0.401 e. The maximum Gasteiger partial charge on any atom is 0.401 e. The molecule has 0 aromatic rings. The van der Waals surface area contributed by atoms with E-state index in [1.165, 1.54) is 0 Å². The van der Waals surface area contributed by atoms with Crippen molar-refractivity contribution in [3.05, 3.63) is 0 Å². The van der Waals surface area contributed by atoms with E-state index in [9.17, 15) is 13.2 Å². The van der Waals surface area contributed by atoms with Gasteiger partial charge in [-0.25, -0.2) is 0 Å². The number of alkyl halides is 3. The molecule has 0 aliphatic rings. The minimum atomic E-state index is -4.15. The van der Waals surface area contributed by atoms with E-state index in [2.05, 4.69) is 5.32 Å². The van der Waals surface area contributed by atoms with Gasteiger partial charge in [0.15, 0.2) is 0 Å². The molecule has 0 aromatic carbocycles. The Morgan fingerprint density at radius 3 is 1.91 bits per heavy atom. The summed E-state index contributed by atoms with van der Waals surface area (Å²) in [6.45, 7) is 2.51. The zero-order valence-electron chi connectivity index (χ0n) is 6.63. The van der Waals surface area contributed by atoms with Gasteiger partial charge in [0.25, 0.3) is 0 Å². The van der Waals surface area contributed by atoms with Gasteiger partial charge in [0.2, 0.25) is 0 Å². The highest BCUT2D eigenvalue weighted by atomic mass is 19.4. The topological polar surface area (TPSA) is 38.0 Å². The van der Waals surface area contributed by atoms with Crippen LogP contribution in [0.15, 0.2) is 0 Å². The molecule has 0 heterocycles. The van der Waals surface area contributed by atoms with Crippen LogP contribution in [0.4, 0.5) is 13.2 Å². The molecule has 0 fully saturated rings. The molecule has 2 nitrogen and oxygen atoms in total. The van der Waals surface area contributed by atoms with Crippen LogP contribution in [0.5, 0.6) is 0 Å². The average molecular weight is 170 g/mol. The smallest absolute Gasteiger partial charge is 0.324 e. The first kappa shape index (κ1) is 10.7. The van der Waals surface area contributed by atoms with Gasteiger partial charge in [0.1, 0.15) is 0 Å². The van der Waals surface area contributed by atoms with Crippen LogP contribution < -0.4 is 11.1 Å². The van der Waals surface area contributed by atoms with E-state index in [4.69, 9.17) is 5.73 Å². The number of rotatable bonds is 3. The third kappa shape index (κ3) is 9.71. The van der Waals surface area contributed by atoms with E-state index >= 15 is 0 Å². The standard InChI is InChI=1S/C6H13F3N2/c1-5(2,10)3-11-4-6(7,8)9/h11H,3-4,10H2,1-2H3. The third-order valence-electron chi connectivity index (χ3n) is 0.906. The molecule has 0 aliphatic carbocycles. The molecule has 0 atom stereocenters. The van der Waals surface area contributed by atoms with Crippen molar-refractivity contribution in [3.8, 4) is 0 Å². The predicted octanol–water partition coefficient (Wildman–Crippen LogP) is 0.876. The molecular formula is C6H13F3N2. The van der Waals surface area contributed by atoms with E-state index in [0.29, 0.717) is 0 Å². The fourth-order valence-electron chi connectivity index (χ4n) is 0.526. The molecule has 0 aliphatic heterocycles. The number of hydrogen-bond donors (Lipinski definition) is 2.